The van der Waals surface area contributed by atoms with E-state index in [4.69, 9.17) is 16.3 Å². The highest BCUT2D eigenvalue weighted by Gasteiger charge is 2.26. The molecule has 0 bridgehead atoms. The molecule has 1 aromatic heterocycles. The molecule has 0 radical (unpaired) electrons. The summed E-state index contributed by atoms with van der Waals surface area (Å²) in [4.78, 5) is 26.3. The Morgan fingerprint density at radius 1 is 1.35 bits per heavy atom. The highest BCUT2D eigenvalue weighted by Crippen LogP contribution is 2.27. The number of carboxylic acid groups (broad SMARTS) is 1. The van der Waals surface area contributed by atoms with Crippen LogP contribution in [0.1, 0.15) is 26.3 Å². The zero-order valence-corrected chi connectivity index (χ0v) is 13.9. The maximum atomic E-state index is 11.8. The van der Waals surface area contributed by atoms with Crippen LogP contribution in [0.2, 0.25) is 5.15 Å². The number of para-hydroxylation sites is 1. The molecular weight excluding hydrogens is 320 g/mol. The minimum absolute atomic E-state index is 0.0530. The molecule has 0 unspecified atom stereocenters. The van der Waals surface area contributed by atoms with Crippen molar-refractivity contribution in [3.05, 3.63) is 35.0 Å². The van der Waals surface area contributed by atoms with Crippen molar-refractivity contribution in [2.45, 2.75) is 38.8 Å². The normalized spacial score (nSPS) is 12.9. The standard InChI is InChI=1S/C16H19ClN2O4/c1-16(2,3)23-15(22)19-12(14(20)21)8-10-9-6-4-5-7-11(9)18-13(10)17/h4-7,12,18H,8H2,1-3H3,(H,19,22)(H,20,21)/t12-/m1/s1. The van der Waals surface area contributed by atoms with Gasteiger partial charge in [0.05, 0.1) is 0 Å². The molecular formula is C16H19ClN2O4. The predicted octanol–water partition coefficient (Wildman–Crippen LogP) is 3.34. The van der Waals surface area contributed by atoms with Gasteiger partial charge in [-0.2, -0.15) is 0 Å². The Labute approximate surface area is 138 Å². The van der Waals surface area contributed by atoms with E-state index in [1.54, 1.807) is 20.8 Å². The minimum atomic E-state index is -1.16. The third kappa shape index (κ3) is 4.39. The number of alkyl carbamates (subject to hydrolysis) is 1. The van der Waals surface area contributed by atoms with Gasteiger partial charge in [0.2, 0.25) is 0 Å². The van der Waals surface area contributed by atoms with E-state index in [0.717, 1.165) is 10.9 Å². The van der Waals surface area contributed by atoms with Crippen molar-refractivity contribution in [1.29, 1.82) is 0 Å². The van der Waals surface area contributed by atoms with Gasteiger partial charge in [-0.05, 0) is 32.4 Å². The fourth-order valence-corrected chi connectivity index (χ4v) is 2.50. The van der Waals surface area contributed by atoms with Crippen LogP contribution >= 0.6 is 11.6 Å². The van der Waals surface area contributed by atoms with Crippen molar-refractivity contribution in [1.82, 2.24) is 10.3 Å². The zero-order chi connectivity index (χ0) is 17.2. The monoisotopic (exact) mass is 338 g/mol. The lowest BCUT2D eigenvalue weighted by molar-refractivity contribution is -0.139. The Morgan fingerprint density at radius 2 is 2.00 bits per heavy atom. The molecule has 0 aliphatic heterocycles. The summed E-state index contributed by atoms with van der Waals surface area (Å²) in [6.07, 6.45) is -0.724. The number of benzene rings is 1. The van der Waals surface area contributed by atoms with Crippen molar-refractivity contribution in [3.8, 4) is 0 Å². The van der Waals surface area contributed by atoms with Gasteiger partial charge in [-0.1, -0.05) is 29.8 Å². The molecule has 0 aliphatic carbocycles. The molecule has 23 heavy (non-hydrogen) atoms. The molecule has 0 saturated heterocycles. The fraction of sp³-hybridized carbons (Fsp3) is 0.375. The number of carbonyl (C=O) groups is 2. The van der Waals surface area contributed by atoms with Crippen molar-refractivity contribution in [2.24, 2.45) is 0 Å². The van der Waals surface area contributed by atoms with E-state index in [1.807, 2.05) is 24.3 Å². The number of fused-ring (bicyclic) bond motifs is 1. The highest BCUT2D eigenvalue weighted by molar-refractivity contribution is 6.31. The van der Waals surface area contributed by atoms with Crippen LogP contribution in [-0.2, 0) is 16.0 Å². The maximum Gasteiger partial charge on any atom is 0.408 e. The molecule has 7 heteroatoms. The van der Waals surface area contributed by atoms with Gasteiger partial charge >= 0.3 is 12.1 Å². The van der Waals surface area contributed by atoms with E-state index in [0.29, 0.717) is 10.7 Å². The summed E-state index contributed by atoms with van der Waals surface area (Å²) in [5.74, 6) is -1.16. The third-order valence-electron chi connectivity index (χ3n) is 3.16. The Kier molecular flexibility index (Phi) is 4.85. The molecule has 0 fully saturated rings. The second-order valence-corrected chi connectivity index (χ2v) is 6.58. The number of hydrogen-bond acceptors (Lipinski definition) is 3. The van der Waals surface area contributed by atoms with Crippen LogP contribution in [0.15, 0.2) is 24.3 Å². The average Bonchev–Trinajstić information content (AvgIpc) is 2.72. The van der Waals surface area contributed by atoms with Crippen LogP contribution < -0.4 is 5.32 Å². The van der Waals surface area contributed by atoms with Gasteiger partial charge < -0.3 is 20.1 Å². The van der Waals surface area contributed by atoms with Gasteiger partial charge in [-0.25, -0.2) is 9.59 Å². The van der Waals surface area contributed by atoms with Crippen LogP contribution in [0, 0.1) is 0 Å². The van der Waals surface area contributed by atoms with Crippen molar-refractivity contribution in [2.75, 3.05) is 0 Å². The Hall–Kier alpha value is -2.21. The van der Waals surface area contributed by atoms with E-state index in [-0.39, 0.29) is 6.42 Å². The smallest absolute Gasteiger partial charge is 0.408 e. The van der Waals surface area contributed by atoms with Crippen LogP contribution in [0.25, 0.3) is 10.9 Å². The lowest BCUT2D eigenvalue weighted by Gasteiger charge is -2.22. The lowest BCUT2D eigenvalue weighted by atomic mass is 10.1. The number of aromatic nitrogens is 1. The summed E-state index contributed by atoms with van der Waals surface area (Å²) in [6.45, 7) is 5.12. The van der Waals surface area contributed by atoms with Gasteiger partial charge in [0.1, 0.15) is 16.8 Å². The molecule has 2 aromatic rings. The molecule has 1 atom stereocenters. The summed E-state index contributed by atoms with van der Waals surface area (Å²) in [5.41, 5.74) is 0.755. The average molecular weight is 339 g/mol. The topological polar surface area (TPSA) is 91.4 Å². The quantitative estimate of drug-likeness (QED) is 0.797. The molecule has 1 heterocycles. The number of carbonyl (C=O) groups excluding carboxylic acids is 1. The Morgan fingerprint density at radius 3 is 2.61 bits per heavy atom. The molecule has 1 aromatic carbocycles. The summed E-state index contributed by atoms with van der Waals surface area (Å²) >= 11 is 6.17. The molecule has 0 aliphatic rings. The number of H-pyrrole nitrogens is 1. The third-order valence-corrected chi connectivity index (χ3v) is 3.48. The first-order chi connectivity index (χ1) is 10.7. The molecule has 0 spiro atoms. The summed E-state index contributed by atoms with van der Waals surface area (Å²) in [6, 6.07) is 6.25. The number of carboxylic acids is 1. The van der Waals surface area contributed by atoms with Gasteiger partial charge in [0, 0.05) is 17.3 Å². The Bertz CT molecular complexity index is 733. The zero-order valence-electron chi connectivity index (χ0n) is 13.1. The van der Waals surface area contributed by atoms with Crippen molar-refractivity contribution in [3.63, 3.8) is 0 Å². The number of rotatable bonds is 4. The fourth-order valence-electron chi connectivity index (χ4n) is 2.22. The van der Waals surface area contributed by atoms with Gasteiger partial charge in [0.25, 0.3) is 0 Å². The molecule has 1 amide bonds. The van der Waals surface area contributed by atoms with E-state index in [1.165, 1.54) is 0 Å². The number of aromatic amines is 1. The number of hydrogen-bond donors (Lipinski definition) is 3. The largest absolute Gasteiger partial charge is 0.480 e. The van der Waals surface area contributed by atoms with Crippen LogP contribution in [-0.4, -0.2) is 33.8 Å². The SMILES string of the molecule is CC(C)(C)OC(=O)N[C@H](Cc1c(Cl)[nH]c2ccccc12)C(=O)O. The first kappa shape index (κ1) is 17.1. The second kappa shape index (κ2) is 6.50. The van der Waals surface area contributed by atoms with E-state index in [2.05, 4.69) is 10.3 Å². The van der Waals surface area contributed by atoms with Gasteiger partial charge in [0.15, 0.2) is 0 Å². The maximum absolute atomic E-state index is 11.8. The van der Waals surface area contributed by atoms with E-state index < -0.39 is 23.7 Å². The summed E-state index contributed by atoms with van der Waals surface area (Å²) in [5, 5.41) is 12.9. The molecule has 3 N–H and O–H groups in total. The number of halogens is 1. The predicted molar refractivity (Wildman–Crippen MR) is 87.8 cm³/mol. The van der Waals surface area contributed by atoms with Crippen molar-refractivity contribution < 1.29 is 19.4 Å². The Balaban J connectivity index is 2.20. The van der Waals surface area contributed by atoms with E-state index in [9.17, 15) is 14.7 Å². The van der Waals surface area contributed by atoms with Crippen molar-refractivity contribution >= 4 is 34.6 Å². The summed E-state index contributed by atoms with van der Waals surface area (Å²) in [7, 11) is 0. The number of ether oxygens (including phenoxy) is 1. The number of amides is 1. The second-order valence-electron chi connectivity index (χ2n) is 6.20. The highest BCUT2D eigenvalue weighted by atomic mass is 35.5. The summed E-state index contributed by atoms with van der Waals surface area (Å²) < 4.78 is 5.10. The molecule has 0 saturated carbocycles. The first-order valence-corrected chi connectivity index (χ1v) is 7.52. The van der Waals surface area contributed by atoms with Gasteiger partial charge in [-0.3, -0.25) is 0 Å². The van der Waals surface area contributed by atoms with Crippen LogP contribution in [0.3, 0.4) is 0 Å². The molecule has 6 nitrogen and oxygen atoms in total. The number of nitrogens with one attached hydrogen (secondary N) is 2. The molecule has 124 valence electrons. The number of aliphatic carboxylic acids is 1. The lowest BCUT2D eigenvalue weighted by Crippen LogP contribution is -2.44. The van der Waals surface area contributed by atoms with Crippen LogP contribution in [0.4, 0.5) is 4.79 Å². The van der Waals surface area contributed by atoms with Crippen LogP contribution in [0.5, 0.6) is 0 Å². The minimum Gasteiger partial charge on any atom is -0.480 e. The van der Waals surface area contributed by atoms with E-state index >= 15 is 0 Å². The molecule has 2 rings (SSSR count). The first-order valence-electron chi connectivity index (χ1n) is 7.15. The van der Waals surface area contributed by atoms with Gasteiger partial charge in [-0.15, -0.1) is 0 Å².